The van der Waals surface area contributed by atoms with Crippen LogP contribution in [0, 0.1) is 24.0 Å². The van der Waals surface area contributed by atoms with Gasteiger partial charge in [-0.3, -0.25) is 14.9 Å². The second kappa shape index (κ2) is 4.40. The molecule has 0 saturated carbocycles. The molecule has 0 bridgehead atoms. The lowest BCUT2D eigenvalue weighted by Crippen LogP contribution is -2.07. The lowest BCUT2D eigenvalue weighted by Gasteiger charge is -2.06. The topological polar surface area (TPSA) is 86.2 Å². The quantitative estimate of drug-likeness (QED) is 0.471. The first-order valence-corrected chi connectivity index (χ1v) is 5.20. The van der Waals surface area contributed by atoms with Gasteiger partial charge >= 0.3 is 0 Å². The number of nitro benzene ring substituents is 1. The van der Waals surface area contributed by atoms with Crippen LogP contribution < -0.4 is 0 Å². The van der Waals surface area contributed by atoms with Gasteiger partial charge in [-0.1, -0.05) is 0 Å². The Morgan fingerprint density at radius 3 is 2.39 bits per heavy atom. The Labute approximate surface area is 102 Å². The van der Waals surface area contributed by atoms with E-state index in [4.69, 9.17) is 4.42 Å². The molecule has 2 rings (SSSR count). The summed E-state index contributed by atoms with van der Waals surface area (Å²) in [5, 5.41) is 10.7. The number of carbonyl (C=O) groups is 1. The largest absolute Gasteiger partial charge is 0.442 e. The van der Waals surface area contributed by atoms with Crippen LogP contribution in [0.15, 0.2) is 29.0 Å². The minimum Gasteiger partial charge on any atom is -0.442 e. The van der Waals surface area contributed by atoms with Gasteiger partial charge in [0, 0.05) is 17.7 Å². The fraction of sp³-hybridized carbons (Fsp3) is 0.167. The van der Waals surface area contributed by atoms with Gasteiger partial charge in [0.15, 0.2) is 0 Å². The standard InChI is InChI=1S/C12H10N2O4/c1-7-5-9(14(16)17)6-8(2)10(7)11(15)12-13-3-4-18-12/h3-6H,1-2H3. The van der Waals surface area contributed by atoms with Crippen molar-refractivity contribution in [1.82, 2.24) is 4.98 Å². The third-order valence-corrected chi connectivity index (χ3v) is 2.58. The predicted molar refractivity (Wildman–Crippen MR) is 62.5 cm³/mol. The first-order valence-electron chi connectivity index (χ1n) is 5.20. The zero-order valence-corrected chi connectivity index (χ0v) is 9.84. The Bertz CT molecular complexity index is 594. The van der Waals surface area contributed by atoms with E-state index in [9.17, 15) is 14.9 Å². The zero-order valence-electron chi connectivity index (χ0n) is 9.84. The summed E-state index contributed by atoms with van der Waals surface area (Å²) >= 11 is 0. The molecular weight excluding hydrogens is 236 g/mol. The molecule has 0 aliphatic carbocycles. The molecule has 0 aliphatic rings. The minimum absolute atomic E-state index is 0.0185. The molecule has 1 aromatic carbocycles. The molecule has 0 fully saturated rings. The van der Waals surface area contributed by atoms with Gasteiger partial charge in [0.2, 0.25) is 5.78 Å². The second-order valence-electron chi connectivity index (χ2n) is 3.88. The Balaban J connectivity index is 2.53. The molecule has 0 N–H and O–H groups in total. The highest BCUT2D eigenvalue weighted by atomic mass is 16.6. The van der Waals surface area contributed by atoms with E-state index in [0.717, 1.165) is 0 Å². The third kappa shape index (κ3) is 2.00. The maximum Gasteiger partial charge on any atom is 0.270 e. The number of ketones is 1. The summed E-state index contributed by atoms with van der Waals surface area (Å²) in [7, 11) is 0. The molecule has 0 unspecified atom stereocenters. The van der Waals surface area contributed by atoms with Gasteiger partial charge in [-0.2, -0.15) is 0 Å². The van der Waals surface area contributed by atoms with Crippen LogP contribution in [0.25, 0.3) is 0 Å². The van der Waals surface area contributed by atoms with Crippen LogP contribution in [0.1, 0.15) is 27.4 Å². The first-order chi connectivity index (χ1) is 8.50. The van der Waals surface area contributed by atoms with Crippen molar-refractivity contribution in [3.63, 3.8) is 0 Å². The maximum atomic E-state index is 12.1. The van der Waals surface area contributed by atoms with Crippen LogP contribution in [0.5, 0.6) is 0 Å². The molecule has 18 heavy (non-hydrogen) atoms. The van der Waals surface area contributed by atoms with Crippen LogP contribution in [0.3, 0.4) is 0 Å². The number of non-ortho nitro benzene ring substituents is 1. The number of benzene rings is 1. The van der Waals surface area contributed by atoms with Crippen molar-refractivity contribution in [1.29, 1.82) is 0 Å². The summed E-state index contributed by atoms with van der Waals surface area (Å²) in [4.78, 5) is 26.1. The Morgan fingerprint density at radius 1 is 1.33 bits per heavy atom. The monoisotopic (exact) mass is 246 g/mol. The van der Waals surface area contributed by atoms with Gasteiger partial charge in [-0.05, 0) is 25.0 Å². The Kier molecular flexibility index (Phi) is 2.93. The fourth-order valence-corrected chi connectivity index (χ4v) is 1.85. The van der Waals surface area contributed by atoms with Gasteiger partial charge in [-0.25, -0.2) is 4.98 Å². The average Bonchev–Trinajstić information content (AvgIpc) is 2.80. The average molecular weight is 246 g/mol. The molecule has 0 radical (unpaired) electrons. The number of rotatable bonds is 3. The molecule has 92 valence electrons. The molecule has 0 amide bonds. The SMILES string of the molecule is Cc1cc([N+](=O)[O-])cc(C)c1C(=O)c1ncco1. The number of carbonyl (C=O) groups excluding carboxylic acids is 1. The summed E-state index contributed by atoms with van der Waals surface area (Å²) in [6.07, 6.45) is 2.69. The lowest BCUT2D eigenvalue weighted by molar-refractivity contribution is -0.384. The van der Waals surface area contributed by atoms with E-state index in [1.807, 2.05) is 0 Å². The molecule has 0 atom stereocenters. The van der Waals surface area contributed by atoms with Gasteiger partial charge in [-0.15, -0.1) is 0 Å². The van der Waals surface area contributed by atoms with Crippen molar-refractivity contribution in [2.45, 2.75) is 13.8 Å². The summed E-state index contributed by atoms with van der Waals surface area (Å²) in [6, 6.07) is 2.73. The number of hydrogen-bond donors (Lipinski definition) is 0. The van der Waals surface area contributed by atoms with Crippen molar-refractivity contribution in [3.05, 3.63) is 57.3 Å². The van der Waals surface area contributed by atoms with Crippen molar-refractivity contribution in [3.8, 4) is 0 Å². The van der Waals surface area contributed by atoms with E-state index in [1.54, 1.807) is 13.8 Å². The van der Waals surface area contributed by atoms with Crippen LogP contribution in [0.4, 0.5) is 5.69 Å². The van der Waals surface area contributed by atoms with Gasteiger partial charge in [0.1, 0.15) is 6.26 Å². The van der Waals surface area contributed by atoms with Gasteiger partial charge < -0.3 is 4.42 Å². The second-order valence-corrected chi connectivity index (χ2v) is 3.88. The van der Waals surface area contributed by atoms with E-state index < -0.39 is 4.92 Å². The molecule has 0 aliphatic heterocycles. The number of aryl methyl sites for hydroxylation is 2. The predicted octanol–water partition coefficient (Wildman–Crippen LogP) is 2.43. The molecule has 0 spiro atoms. The lowest BCUT2D eigenvalue weighted by atomic mass is 9.98. The Hall–Kier alpha value is -2.50. The number of nitro groups is 1. The van der Waals surface area contributed by atoms with E-state index in [2.05, 4.69) is 4.98 Å². The fourth-order valence-electron chi connectivity index (χ4n) is 1.85. The highest BCUT2D eigenvalue weighted by molar-refractivity contribution is 6.08. The van der Waals surface area contributed by atoms with E-state index in [1.165, 1.54) is 24.6 Å². The van der Waals surface area contributed by atoms with Gasteiger partial charge in [0.25, 0.3) is 11.6 Å². The minimum atomic E-state index is -0.487. The van der Waals surface area contributed by atoms with Crippen LogP contribution in [-0.4, -0.2) is 15.7 Å². The first kappa shape index (κ1) is 12.0. The van der Waals surface area contributed by atoms with Crippen molar-refractivity contribution in [2.24, 2.45) is 0 Å². The van der Waals surface area contributed by atoms with Gasteiger partial charge in [0.05, 0.1) is 11.1 Å². The van der Waals surface area contributed by atoms with Crippen LogP contribution >= 0.6 is 0 Å². The summed E-state index contributed by atoms with van der Waals surface area (Å²) < 4.78 is 4.94. The molecule has 6 heteroatoms. The molecule has 6 nitrogen and oxygen atoms in total. The summed E-state index contributed by atoms with van der Waals surface area (Å²) in [5.41, 5.74) is 1.42. The zero-order chi connectivity index (χ0) is 13.3. The highest BCUT2D eigenvalue weighted by Gasteiger charge is 2.21. The molecule has 1 heterocycles. The maximum absolute atomic E-state index is 12.1. The Morgan fingerprint density at radius 2 is 1.94 bits per heavy atom. The van der Waals surface area contributed by atoms with Crippen LogP contribution in [0.2, 0.25) is 0 Å². The van der Waals surface area contributed by atoms with Crippen molar-refractivity contribution < 1.29 is 14.1 Å². The molecule has 2 aromatic rings. The number of oxazole rings is 1. The van der Waals surface area contributed by atoms with Crippen LogP contribution in [-0.2, 0) is 0 Å². The van der Waals surface area contributed by atoms with Crippen molar-refractivity contribution in [2.75, 3.05) is 0 Å². The summed E-state index contributed by atoms with van der Waals surface area (Å²) in [5.74, 6) is -0.389. The number of nitrogens with zero attached hydrogens (tertiary/aromatic N) is 2. The van der Waals surface area contributed by atoms with E-state index in [0.29, 0.717) is 16.7 Å². The number of aromatic nitrogens is 1. The third-order valence-electron chi connectivity index (χ3n) is 2.58. The number of hydrogen-bond acceptors (Lipinski definition) is 5. The molecule has 0 saturated heterocycles. The molecule has 1 aromatic heterocycles. The van der Waals surface area contributed by atoms with E-state index in [-0.39, 0.29) is 17.4 Å². The summed E-state index contributed by atoms with van der Waals surface area (Å²) in [6.45, 7) is 3.30. The molecular formula is C12H10N2O4. The smallest absolute Gasteiger partial charge is 0.270 e. The van der Waals surface area contributed by atoms with E-state index >= 15 is 0 Å². The highest BCUT2D eigenvalue weighted by Crippen LogP contribution is 2.23. The normalized spacial score (nSPS) is 10.3. The van der Waals surface area contributed by atoms with Crippen molar-refractivity contribution >= 4 is 11.5 Å².